The van der Waals surface area contributed by atoms with Crippen molar-refractivity contribution >= 4 is 11.8 Å². The van der Waals surface area contributed by atoms with Gasteiger partial charge >= 0.3 is 12.4 Å². The van der Waals surface area contributed by atoms with E-state index in [2.05, 4.69) is 23.7 Å². The third kappa shape index (κ3) is 7.37. The zero-order valence-electron chi connectivity index (χ0n) is 23.0. The van der Waals surface area contributed by atoms with Gasteiger partial charge in [0.25, 0.3) is 0 Å². The smallest absolute Gasteiger partial charge is 0.166 e. The Morgan fingerprint density at radius 1 is 0.590 bits per heavy atom. The molecule has 0 N–H and O–H groups in total. The normalized spacial score (nSPS) is 16.3. The van der Waals surface area contributed by atoms with E-state index in [1.807, 2.05) is 0 Å². The van der Waals surface area contributed by atoms with Crippen molar-refractivity contribution in [2.45, 2.75) is 100 Å². The summed E-state index contributed by atoms with van der Waals surface area (Å²) in [5.74, 6) is 11.5. The zero-order chi connectivity index (χ0) is 29.0. The lowest BCUT2D eigenvalue weighted by Crippen LogP contribution is -2.17. The lowest BCUT2D eigenvalue weighted by molar-refractivity contribution is -0.138. The van der Waals surface area contributed by atoms with Crippen LogP contribution < -0.4 is 0 Å². The van der Waals surface area contributed by atoms with Gasteiger partial charge in [-0.05, 0) is 71.9 Å². The average molecular weight is 563 g/mol. The summed E-state index contributed by atoms with van der Waals surface area (Å²) in [6, 6.07) is 5.54. The number of hydrogen-bond acceptors (Lipinski definition) is 1. The molecule has 0 radical (unpaired) electrons. The van der Waals surface area contributed by atoms with E-state index in [9.17, 15) is 26.3 Å². The summed E-state index contributed by atoms with van der Waals surface area (Å²) in [5.41, 5.74) is -2.50. The topological polar surface area (TPSA) is 0 Å². The Hall–Kier alpha value is -2.51. The molecule has 2 saturated carbocycles. The third-order valence-electron chi connectivity index (χ3n) is 6.72. The highest BCUT2D eigenvalue weighted by Crippen LogP contribution is 2.46. The van der Waals surface area contributed by atoms with Crippen LogP contribution in [0.2, 0.25) is 0 Å². The van der Waals surface area contributed by atoms with E-state index in [0.29, 0.717) is 11.1 Å². The number of hydrogen-bond donors (Lipinski definition) is 0. The van der Waals surface area contributed by atoms with Crippen molar-refractivity contribution in [2.75, 3.05) is 0 Å². The average Bonchev–Trinajstić information content (AvgIpc) is 3.69. The fourth-order valence-electron chi connectivity index (χ4n) is 3.89. The van der Waals surface area contributed by atoms with Gasteiger partial charge in [-0.2, -0.15) is 26.3 Å². The molecule has 0 aromatic heterocycles. The molecule has 2 fully saturated rings. The van der Waals surface area contributed by atoms with Gasteiger partial charge in [0.15, 0.2) is 0 Å². The molecule has 0 saturated heterocycles. The van der Waals surface area contributed by atoms with Crippen LogP contribution in [0.15, 0.2) is 34.1 Å². The van der Waals surface area contributed by atoms with Crippen molar-refractivity contribution in [1.29, 1.82) is 0 Å². The summed E-state index contributed by atoms with van der Waals surface area (Å²) >= 11 is 0.901. The van der Waals surface area contributed by atoms with Crippen LogP contribution in [0.25, 0.3) is 0 Å². The molecule has 0 bridgehead atoms. The number of alkyl halides is 6. The van der Waals surface area contributed by atoms with Gasteiger partial charge in [0.05, 0.1) is 22.3 Å². The molecule has 2 aromatic rings. The van der Waals surface area contributed by atoms with E-state index in [-0.39, 0.29) is 32.8 Å². The number of benzene rings is 2. The molecule has 2 aliphatic rings. The second-order valence-corrected chi connectivity index (χ2v) is 13.6. The highest BCUT2D eigenvalue weighted by atomic mass is 32.2. The molecular weight excluding hydrogens is 530 g/mol. The van der Waals surface area contributed by atoms with Crippen molar-refractivity contribution < 1.29 is 26.3 Å². The molecule has 4 rings (SSSR count). The Balaban J connectivity index is 2.01. The van der Waals surface area contributed by atoms with Gasteiger partial charge in [-0.3, -0.25) is 0 Å². The lowest BCUT2D eigenvalue weighted by atomic mass is 9.85. The van der Waals surface area contributed by atoms with Crippen LogP contribution >= 0.6 is 11.8 Å². The molecule has 2 aliphatic carbocycles. The molecule has 0 atom stereocenters. The van der Waals surface area contributed by atoms with Gasteiger partial charge < -0.3 is 0 Å². The molecule has 208 valence electrons. The number of halogens is 6. The molecule has 39 heavy (non-hydrogen) atoms. The summed E-state index contributed by atoms with van der Waals surface area (Å²) in [5, 5.41) is 0. The van der Waals surface area contributed by atoms with Crippen LogP contribution in [0.5, 0.6) is 0 Å². The Kier molecular flexibility index (Phi) is 7.67. The Morgan fingerprint density at radius 3 is 1.18 bits per heavy atom. The second kappa shape index (κ2) is 10.2. The van der Waals surface area contributed by atoms with E-state index >= 15 is 0 Å². The first-order valence-electron chi connectivity index (χ1n) is 13.1. The molecule has 0 aliphatic heterocycles. The number of rotatable bonds is 2. The first-order valence-corrected chi connectivity index (χ1v) is 13.9. The maximum Gasteiger partial charge on any atom is 0.417 e. The summed E-state index contributed by atoms with van der Waals surface area (Å²) < 4.78 is 86.2. The van der Waals surface area contributed by atoms with Gasteiger partial charge in [-0.1, -0.05) is 77.0 Å². The molecule has 0 nitrogen and oxygen atoms in total. The van der Waals surface area contributed by atoms with Gasteiger partial charge in [-0.15, -0.1) is 0 Å². The first-order chi connectivity index (χ1) is 17.8. The van der Waals surface area contributed by atoms with Gasteiger partial charge in [0, 0.05) is 21.6 Å². The monoisotopic (exact) mass is 562 g/mol. The maximum absolute atomic E-state index is 14.4. The van der Waals surface area contributed by atoms with E-state index in [4.69, 9.17) is 0 Å². The SMILES string of the molecule is CC(C)(C)c1cc(Sc2cc(C(C)(C)C)cc(C(F)(F)F)c2C#CC2CC2)c(C#CC2CC2)c(C(F)(F)F)c1. The lowest BCUT2D eigenvalue weighted by Gasteiger charge is -2.25. The summed E-state index contributed by atoms with van der Waals surface area (Å²) in [4.78, 5) is 0.383. The minimum absolute atomic E-state index is 0.0484. The quantitative estimate of drug-likeness (QED) is 0.259. The van der Waals surface area contributed by atoms with Crippen molar-refractivity contribution in [3.63, 3.8) is 0 Å². The maximum atomic E-state index is 14.4. The standard InChI is InChI=1S/C32H32F6S/c1-29(2,3)21-15-25(31(33,34)35)23(13-11-19-7-8-19)27(17-21)39-28-18-22(30(4,5)6)16-26(32(36,37)38)24(28)14-12-20-9-10-20/h15-20H,7-10H2,1-6H3. The predicted molar refractivity (Wildman–Crippen MR) is 144 cm³/mol. The van der Waals surface area contributed by atoms with Crippen LogP contribution in [-0.2, 0) is 23.2 Å². The third-order valence-corrected chi connectivity index (χ3v) is 7.81. The van der Waals surface area contributed by atoms with E-state index < -0.39 is 34.3 Å². The second-order valence-electron chi connectivity index (χ2n) is 12.5. The summed E-state index contributed by atoms with van der Waals surface area (Å²) in [7, 11) is 0. The van der Waals surface area contributed by atoms with Gasteiger partial charge in [-0.25, -0.2) is 0 Å². The molecule has 2 aromatic carbocycles. The van der Waals surface area contributed by atoms with E-state index in [1.54, 1.807) is 53.7 Å². The minimum atomic E-state index is -4.68. The Bertz CT molecular complexity index is 1280. The molecule has 0 unspecified atom stereocenters. The van der Waals surface area contributed by atoms with Crippen molar-refractivity contribution in [1.82, 2.24) is 0 Å². The van der Waals surface area contributed by atoms with Crippen molar-refractivity contribution in [3.05, 3.63) is 57.6 Å². The minimum Gasteiger partial charge on any atom is -0.166 e. The summed E-state index contributed by atoms with van der Waals surface area (Å²) in [6.45, 7) is 10.8. The van der Waals surface area contributed by atoms with Crippen LogP contribution in [0.4, 0.5) is 26.3 Å². The van der Waals surface area contributed by atoms with Crippen molar-refractivity contribution in [2.24, 2.45) is 11.8 Å². The van der Waals surface area contributed by atoms with Crippen LogP contribution in [0.3, 0.4) is 0 Å². The molecule has 0 heterocycles. The molecular formula is C32H32F6S. The van der Waals surface area contributed by atoms with Crippen LogP contribution in [0.1, 0.15) is 101 Å². The largest absolute Gasteiger partial charge is 0.417 e. The Labute approximate surface area is 231 Å². The van der Waals surface area contributed by atoms with Crippen LogP contribution in [-0.4, -0.2) is 0 Å². The van der Waals surface area contributed by atoms with Gasteiger partial charge in [0.1, 0.15) is 0 Å². The molecule has 0 amide bonds. The molecule has 0 spiro atoms. The predicted octanol–water partition coefficient (Wildman–Crippen LogP) is 9.99. The van der Waals surface area contributed by atoms with Crippen LogP contribution in [0, 0.1) is 35.5 Å². The molecule has 7 heteroatoms. The summed E-state index contributed by atoms with van der Waals surface area (Å²) in [6.07, 6.45) is -6.02. The zero-order valence-corrected chi connectivity index (χ0v) is 23.8. The first kappa shape index (κ1) is 29.5. The van der Waals surface area contributed by atoms with E-state index in [0.717, 1.165) is 49.6 Å². The van der Waals surface area contributed by atoms with Gasteiger partial charge in [0.2, 0.25) is 0 Å². The van der Waals surface area contributed by atoms with Crippen molar-refractivity contribution in [3.8, 4) is 23.7 Å². The highest BCUT2D eigenvalue weighted by molar-refractivity contribution is 7.99. The fraction of sp³-hybridized carbons (Fsp3) is 0.500. The Morgan fingerprint density at radius 2 is 0.923 bits per heavy atom. The van der Waals surface area contributed by atoms with E-state index in [1.165, 1.54) is 0 Å². The fourth-order valence-corrected chi connectivity index (χ4v) is 5.02. The highest BCUT2D eigenvalue weighted by Gasteiger charge is 2.38.